The normalized spacial score (nSPS) is 20.6. The number of ether oxygens (including phenoxy) is 1. The molecule has 1 aliphatic heterocycles. The summed E-state index contributed by atoms with van der Waals surface area (Å²) in [6.07, 6.45) is 0.337. The second kappa shape index (κ2) is 6.53. The van der Waals surface area contributed by atoms with Gasteiger partial charge in [-0.05, 0) is 12.0 Å². The van der Waals surface area contributed by atoms with E-state index in [9.17, 15) is 4.79 Å². The van der Waals surface area contributed by atoms with Crippen molar-refractivity contribution in [3.63, 3.8) is 0 Å². The Morgan fingerprint density at radius 3 is 2.95 bits per heavy atom. The van der Waals surface area contributed by atoms with Crippen molar-refractivity contribution >= 4 is 5.97 Å². The molecule has 1 N–H and O–H groups in total. The number of carboxylic acid groups (broad SMARTS) is 1. The lowest BCUT2D eigenvalue weighted by molar-refractivity contribution is -0.139. The molecule has 0 aliphatic carbocycles. The largest absolute Gasteiger partial charge is 0.481 e. The first-order chi connectivity index (χ1) is 9.89. The van der Waals surface area contributed by atoms with Crippen LogP contribution in [0.25, 0.3) is 0 Å². The average molecular weight is 297 g/mol. The van der Waals surface area contributed by atoms with Crippen LogP contribution in [0.5, 0.6) is 0 Å². The lowest BCUT2D eigenvalue weighted by Crippen LogP contribution is -2.38. The SMILES string of the molecule is CCN1CCOC(c2noc(CC(C)(C)CC(=O)O)n2)C1. The van der Waals surface area contributed by atoms with Gasteiger partial charge in [-0.15, -0.1) is 0 Å². The summed E-state index contributed by atoms with van der Waals surface area (Å²) >= 11 is 0. The molecule has 118 valence electrons. The first kappa shape index (κ1) is 15.9. The third kappa shape index (κ3) is 4.50. The Morgan fingerprint density at radius 2 is 2.29 bits per heavy atom. The molecule has 0 radical (unpaired) electrons. The number of carboxylic acids is 1. The van der Waals surface area contributed by atoms with Crippen molar-refractivity contribution in [1.82, 2.24) is 15.0 Å². The molecule has 0 spiro atoms. The van der Waals surface area contributed by atoms with Crippen LogP contribution in [-0.2, 0) is 16.0 Å². The zero-order chi connectivity index (χ0) is 15.5. The van der Waals surface area contributed by atoms with Crippen LogP contribution in [0, 0.1) is 5.41 Å². The zero-order valence-corrected chi connectivity index (χ0v) is 12.8. The fourth-order valence-corrected chi connectivity index (χ4v) is 2.50. The summed E-state index contributed by atoms with van der Waals surface area (Å²) in [6, 6.07) is 0. The Labute approximate surface area is 124 Å². The summed E-state index contributed by atoms with van der Waals surface area (Å²) in [5, 5.41) is 12.9. The van der Waals surface area contributed by atoms with Crippen LogP contribution in [0.4, 0.5) is 0 Å². The topological polar surface area (TPSA) is 88.7 Å². The molecule has 0 amide bonds. The van der Waals surface area contributed by atoms with Gasteiger partial charge in [-0.25, -0.2) is 0 Å². The molecule has 1 aliphatic rings. The number of aromatic nitrogens is 2. The predicted molar refractivity (Wildman–Crippen MR) is 74.8 cm³/mol. The van der Waals surface area contributed by atoms with Gasteiger partial charge in [-0.3, -0.25) is 9.69 Å². The van der Waals surface area contributed by atoms with Gasteiger partial charge in [0.2, 0.25) is 11.7 Å². The highest BCUT2D eigenvalue weighted by Crippen LogP contribution is 2.26. The predicted octanol–water partition coefficient (Wildman–Crippen LogP) is 1.51. The van der Waals surface area contributed by atoms with Gasteiger partial charge in [-0.2, -0.15) is 4.98 Å². The van der Waals surface area contributed by atoms with E-state index in [4.69, 9.17) is 14.4 Å². The molecule has 21 heavy (non-hydrogen) atoms. The van der Waals surface area contributed by atoms with Gasteiger partial charge in [0.25, 0.3) is 0 Å². The molecule has 0 bridgehead atoms. The van der Waals surface area contributed by atoms with Crippen molar-refractivity contribution in [2.45, 2.75) is 39.7 Å². The van der Waals surface area contributed by atoms with Gasteiger partial charge in [0, 0.05) is 19.5 Å². The van der Waals surface area contributed by atoms with E-state index < -0.39 is 11.4 Å². The molecular formula is C14H23N3O4. The highest BCUT2D eigenvalue weighted by Gasteiger charge is 2.28. The third-order valence-electron chi connectivity index (χ3n) is 3.63. The molecule has 2 rings (SSSR count). The van der Waals surface area contributed by atoms with E-state index in [-0.39, 0.29) is 12.5 Å². The summed E-state index contributed by atoms with van der Waals surface area (Å²) in [5.74, 6) is 0.191. The molecule has 2 heterocycles. The second-order valence-corrected chi connectivity index (χ2v) is 6.21. The summed E-state index contributed by atoms with van der Waals surface area (Å²) in [4.78, 5) is 17.5. The molecule has 1 saturated heterocycles. The van der Waals surface area contributed by atoms with Crippen LogP contribution in [0.2, 0.25) is 0 Å². The first-order valence-electron chi connectivity index (χ1n) is 7.28. The molecule has 1 atom stereocenters. The molecule has 1 aromatic rings. The van der Waals surface area contributed by atoms with Crippen LogP contribution in [0.3, 0.4) is 0 Å². The number of rotatable bonds is 6. The van der Waals surface area contributed by atoms with Gasteiger partial charge >= 0.3 is 5.97 Å². The number of hydrogen-bond donors (Lipinski definition) is 1. The summed E-state index contributed by atoms with van der Waals surface area (Å²) in [6.45, 7) is 9.17. The number of hydrogen-bond acceptors (Lipinski definition) is 6. The monoisotopic (exact) mass is 297 g/mol. The number of carbonyl (C=O) groups is 1. The smallest absolute Gasteiger partial charge is 0.303 e. The summed E-state index contributed by atoms with van der Waals surface area (Å²) in [5.41, 5.74) is -0.418. The Bertz CT molecular complexity index is 486. The number of likely N-dealkylation sites (N-methyl/N-ethyl adjacent to an activating group) is 1. The number of morpholine rings is 1. The lowest BCUT2D eigenvalue weighted by Gasteiger charge is -2.30. The van der Waals surface area contributed by atoms with Gasteiger partial charge < -0.3 is 14.4 Å². The maximum Gasteiger partial charge on any atom is 0.303 e. The van der Waals surface area contributed by atoms with E-state index in [0.717, 1.165) is 19.6 Å². The molecule has 0 aromatic carbocycles. The molecule has 1 fully saturated rings. The van der Waals surface area contributed by atoms with E-state index in [0.29, 0.717) is 24.7 Å². The highest BCUT2D eigenvalue weighted by atomic mass is 16.5. The minimum Gasteiger partial charge on any atom is -0.481 e. The van der Waals surface area contributed by atoms with Gasteiger partial charge in [-0.1, -0.05) is 25.9 Å². The molecular weight excluding hydrogens is 274 g/mol. The van der Waals surface area contributed by atoms with Crippen molar-refractivity contribution in [3.05, 3.63) is 11.7 Å². The van der Waals surface area contributed by atoms with E-state index >= 15 is 0 Å². The minimum absolute atomic E-state index is 0.0637. The van der Waals surface area contributed by atoms with Gasteiger partial charge in [0.15, 0.2) is 0 Å². The Balaban J connectivity index is 1.99. The van der Waals surface area contributed by atoms with Crippen LogP contribution >= 0.6 is 0 Å². The van der Waals surface area contributed by atoms with Crippen LogP contribution in [0.15, 0.2) is 4.52 Å². The van der Waals surface area contributed by atoms with Crippen molar-refractivity contribution in [2.75, 3.05) is 26.2 Å². The lowest BCUT2D eigenvalue weighted by atomic mass is 9.86. The van der Waals surface area contributed by atoms with E-state index in [1.807, 2.05) is 13.8 Å². The first-order valence-corrected chi connectivity index (χ1v) is 7.28. The Morgan fingerprint density at radius 1 is 1.52 bits per heavy atom. The molecule has 0 saturated carbocycles. The third-order valence-corrected chi connectivity index (χ3v) is 3.63. The second-order valence-electron chi connectivity index (χ2n) is 6.21. The van der Waals surface area contributed by atoms with Crippen molar-refractivity contribution < 1.29 is 19.2 Å². The molecule has 1 aromatic heterocycles. The number of nitrogens with zero attached hydrogens (tertiary/aromatic N) is 3. The standard InChI is InChI=1S/C14H23N3O4/c1-4-17-5-6-20-10(9-17)13-15-11(21-16-13)7-14(2,3)8-12(18)19/h10H,4-9H2,1-3H3,(H,18,19). The van der Waals surface area contributed by atoms with Gasteiger partial charge in [0.05, 0.1) is 13.0 Å². The minimum atomic E-state index is -0.825. The zero-order valence-electron chi connectivity index (χ0n) is 12.8. The summed E-state index contributed by atoms with van der Waals surface area (Å²) < 4.78 is 10.9. The van der Waals surface area contributed by atoms with E-state index in [2.05, 4.69) is 22.0 Å². The summed E-state index contributed by atoms with van der Waals surface area (Å²) in [7, 11) is 0. The number of aliphatic carboxylic acids is 1. The Kier molecular flexibility index (Phi) is 4.95. The van der Waals surface area contributed by atoms with Crippen LogP contribution < -0.4 is 0 Å². The van der Waals surface area contributed by atoms with Crippen molar-refractivity contribution in [1.29, 1.82) is 0 Å². The Hall–Kier alpha value is -1.47. The molecule has 7 nitrogen and oxygen atoms in total. The quantitative estimate of drug-likeness (QED) is 0.851. The maximum absolute atomic E-state index is 10.8. The van der Waals surface area contributed by atoms with E-state index in [1.54, 1.807) is 0 Å². The maximum atomic E-state index is 10.8. The molecule has 7 heteroatoms. The molecule has 1 unspecified atom stereocenters. The van der Waals surface area contributed by atoms with Crippen LogP contribution in [0.1, 0.15) is 45.0 Å². The van der Waals surface area contributed by atoms with Crippen molar-refractivity contribution in [2.24, 2.45) is 5.41 Å². The van der Waals surface area contributed by atoms with Gasteiger partial charge in [0.1, 0.15) is 6.10 Å². The fraction of sp³-hybridized carbons (Fsp3) is 0.786. The highest BCUT2D eigenvalue weighted by molar-refractivity contribution is 5.67. The van der Waals surface area contributed by atoms with E-state index in [1.165, 1.54) is 0 Å². The van der Waals surface area contributed by atoms with Crippen molar-refractivity contribution in [3.8, 4) is 0 Å². The fourth-order valence-electron chi connectivity index (χ4n) is 2.50. The average Bonchev–Trinajstić information content (AvgIpc) is 2.85. The van der Waals surface area contributed by atoms with Crippen LogP contribution in [-0.4, -0.2) is 52.4 Å².